The molecule has 0 unspecified atom stereocenters. The number of pyridine rings is 1. The summed E-state index contributed by atoms with van der Waals surface area (Å²) in [5.41, 5.74) is 4.49. The molecule has 0 aliphatic carbocycles. The average molecular weight is 729 g/mol. The van der Waals surface area contributed by atoms with Gasteiger partial charge >= 0.3 is 0 Å². The largest absolute Gasteiger partial charge is 0.480 e. The molecule has 0 bridgehead atoms. The van der Waals surface area contributed by atoms with Crippen molar-refractivity contribution >= 4 is 47.3 Å². The third kappa shape index (κ3) is 6.99. The van der Waals surface area contributed by atoms with Gasteiger partial charge in [-0.05, 0) is 52.9 Å². The summed E-state index contributed by atoms with van der Waals surface area (Å²) in [5, 5.41) is 1.17. The van der Waals surface area contributed by atoms with E-state index < -0.39 is 32.2 Å². The predicted octanol–water partition coefficient (Wildman–Crippen LogP) is 9.64. The van der Waals surface area contributed by atoms with Gasteiger partial charge in [0.05, 0.1) is 19.2 Å². The Morgan fingerprint density at radius 3 is 2.28 bits per heavy atom. The Kier molecular flexibility index (Phi) is 11.2. The molecule has 0 saturated carbocycles. The van der Waals surface area contributed by atoms with E-state index in [1.807, 2.05) is 0 Å². The van der Waals surface area contributed by atoms with Gasteiger partial charge in [0.1, 0.15) is 42.1 Å². The van der Waals surface area contributed by atoms with Crippen molar-refractivity contribution in [3.8, 4) is 34.4 Å². The first kappa shape index (κ1) is 37.6. The minimum absolute atomic E-state index is 0.0563. The average Bonchev–Trinajstić information content (AvgIpc) is 3.07. The lowest BCUT2D eigenvalue weighted by molar-refractivity contribution is -0.0118. The van der Waals surface area contributed by atoms with Gasteiger partial charge in [-0.15, -0.1) is 5.54 Å². The second-order valence-electron chi connectivity index (χ2n) is 13.6. The molecule has 1 fully saturated rings. The maximum absolute atomic E-state index is 17.2. The van der Waals surface area contributed by atoms with Crippen LogP contribution in [0.15, 0.2) is 29.4 Å². The number of ether oxygens (including phenoxy) is 3. The highest BCUT2D eigenvalue weighted by Gasteiger charge is 2.42. The summed E-state index contributed by atoms with van der Waals surface area (Å²) in [6.45, 7) is 12.7. The van der Waals surface area contributed by atoms with Crippen LogP contribution >= 0.6 is 11.8 Å². The molecule has 2 aromatic heterocycles. The fourth-order valence-electron chi connectivity index (χ4n) is 7.43. The number of alkyl halides is 2. The van der Waals surface area contributed by atoms with E-state index in [9.17, 15) is 8.78 Å². The lowest BCUT2D eigenvalue weighted by Crippen LogP contribution is -2.43. The van der Waals surface area contributed by atoms with Gasteiger partial charge in [0, 0.05) is 31.0 Å². The first-order valence-corrected chi connectivity index (χ1v) is 20.2. The lowest BCUT2D eigenvalue weighted by atomic mass is 9.95. The zero-order valence-corrected chi connectivity index (χ0v) is 31.8. The number of rotatable bonds is 10. The monoisotopic (exact) mass is 728 g/mol. The van der Waals surface area contributed by atoms with Gasteiger partial charge in [-0.25, -0.2) is 32.5 Å². The van der Waals surface area contributed by atoms with Crippen LogP contribution in [0.25, 0.3) is 32.9 Å². The molecule has 1 aliphatic rings. The molecular weight excluding hydrogens is 685 g/mol. The van der Waals surface area contributed by atoms with E-state index in [2.05, 4.69) is 68.0 Å². The summed E-state index contributed by atoms with van der Waals surface area (Å²) in [6, 6.07) is 6.24. The van der Waals surface area contributed by atoms with Crippen LogP contribution in [0.2, 0.25) is 16.6 Å². The number of anilines is 1. The molecule has 0 N–H and O–H groups in total. The summed E-state index contributed by atoms with van der Waals surface area (Å²) in [4.78, 5) is 15.1. The van der Waals surface area contributed by atoms with Gasteiger partial charge in [-0.1, -0.05) is 65.3 Å². The summed E-state index contributed by atoms with van der Waals surface area (Å²) in [5.74, 6) is -0.686. The number of aromatic nitrogens is 3. The van der Waals surface area contributed by atoms with Gasteiger partial charge in [0.2, 0.25) is 5.88 Å². The Morgan fingerprint density at radius 2 is 1.68 bits per heavy atom. The third-order valence-corrected chi connectivity index (χ3v) is 16.5. The molecular formula is C37H44F4N4O3SSi. The van der Waals surface area contributed by atoms with Gasteiger partial charge in [0.25, 0.3) is 5.92 Å². The molecule has 3 heterocycles. The van der Waals surface area contributed by atoms with E-state index in [0.717, 1.165) is 11.8 Å². The molecule has 268 valence electrons. The SMILES string of the molecule is COCOc1cc(-c2nc(OC)c3c(N4CCCC(F)(F)C4)nc(SC)nc3c2F)c2c(C#C[Si](C(C)C)(C(C)C)C(C)C)c(F)ccc2c1. The number of fused-ring (bicyclic) bond motifs is 2. The van der Waals surface area contributed by atoms with Crippen LogP contribution in [-0.4, -0.2) is 69.3 Å². The van der Waals surface area contributed by atoms with Crippen LogP contribution in [0.3, 0.4) is 0 Å². The smallest absolute Gasteiger partial charge is 0.265 e. The van der Waals surface area contributed by atoms with Crippen LogP contribution in [-0.2, 0) is 4.74 Å². The molecule has 0 radical (unpaired) electrons. The number of hydrogen-bond acceptors (Lipinski definition) is 8. The summed E-state index contributed by atoms with van der Waals surface area (Å²) in [7, 11) is 0.535. The van der Waals surface area contributed by atoms with Crippen molar-refractivity contribution in [1.29, 1.82) is 0 Å². The van der Waals surface area contributed by atoms with Crippen molar-refractivity contribution in [1.82, 2.24) is 15.0 Å². The molecule has 1 saturated heterocycles. The Bertz CT molecular complexity index is 1940. The topological polar surface area (TPSA) is 69.6 Å². The van der Waals surface area contributed by atoms with Gasteiger partial charge in [-0.2, -0.15) is 0 Å². The quantitative estimate of drug-likeness (QED) is 0.0400. The molecule has 7 nitrogen and oxygen atoms in total. The van der Waals surface area contributed by atoms with E-state index in [4.69, 9.17) is 14.2 Å². The molecule has 4 aromatic rings. The maximum Gasteiger partial charge on any atom is 0.265 e. The van der Waals surface area contributed by atoms with Gasteiger partial charge < -0.3 is 19.1 Å². The fraction of sp³-hybridized carbons (Fsp3) is 0.486. The third-order valence-electron chi connectivity index (χ3n) is 9.69. The number of piperidine rings is 1. The zero-order valence-electron chi connectivity index (χ0n) is 30.0. The fourth-order valence-corrected chi connectivity index (χ4v) is 13.0. The van der Waals surface area contributed by atoms with Crippen molar-refractivity contribution in [3.05, 3.63) is 41.5 Å². The number of hydrogen-bond donors (Lipinski definition) is 0. The van der Waals surface area contributed by atoms with Crippen molar-refractivity contribution < 1.29 is 31.8 Å². The van der Waals surface area contributed by atoms with Crippen LogP contribution < -0.4 is 14.4 Å². The van der Waals surface area contributed by atoms with Crippen LogP contribution in [0, 0.1) is 23.1 Å². The van der Waals surface area contributed by atoms with Gasteiger partial charge in [-0.3, -0.25) is 0 Å². The van der Waals surface area contributed by atoms with E-state index in [-0.39, 0.29) is 64.2 Å². The number of methoxy groups -OCH3 is 2. The highest BCUT2D eigenvalue weighted by molar-refractivity contribution is 7.98. The minimum atomic E-state index is -2.95. The molecule has 1 aliphatic heterocycles. The molecule has 5 rings (SSSR count). The number of thioether (sulfide) groups is 1. The van der Waals surface area contributed by atoms with E-state index in [1.54, 1.807) is 24.5 Å². The first-order chi connectivity index (χ1) is 23.7. The summed E-state index contributed by atoms with van der Waals surface area (Å²) < 4.78 is 79.1. The van der Waals surface area contributed by atoms with E-state index in [1.165, 1.54) is 25.2 Å². The van der Waals surface area contributed by atoms with Crippen LogP contribution in [0.1, 0.15) is 59.9 Å². The van der Waals surface area contributed by atoms with Crippen molar-refractivity contribution in [2.24, 2.45) is 0 Å². The zero-order chi connectivity index (χ0) is 36.5. The molecule has 2 aromatic carbocycles. The highest BCUT2D eigenvalue weighted by atomic mass is 32.2. The van der Waals surface area contributed by atoms with Gasteiger partial charge in [0.15, 0.2) is 17.8 Å². The molecule has 0 atom stereocenters. The molecule has 13 heteroatoms. The van der Waals surface area contributed by atoms with Crippen LogP contribution in [0.4, 0.5) is 23.4 Å². The maximum atomic E-state index is 17.2. The highest BCUT2D eigenvalue weighted by Crippen LogP contribution is 2.44. The minimum Gasteiger partial charge on any atom is -0.480 e. The second kappa shape index (κ2) is 14.9. The Balaban J connectivity index is 1.88. The summed E-state index contributed by atoms with van der Waals surface area (Å²) in [6.07, 6.45) is 1.70. The normalized spacial score (nSPS) is 14.9. The van der Waals surface area contributed by atoms with E-state index in [0.29, 0.717) is 39.7 Å². The summed E-state index contributed by atoms with van der Waals surface area (Å²) >= 11 is 1.16. The van der Waals surface area contributed by atoms with Crippen molar-refractivity contribution in [3.63, 3.8) is 0 Å². The van der Waals surface area contributed by atoms with Crippen molar-refractivity contribution in [2.45, 2.75) is 82.1 Å². The first-order valence-electron chi connectivity index (χ1n) is 16.7. The standard InChI is InChI=1S/C37H44F4N4O3SSi/c1-21(2)50(22(3)4,23(5)6)16-13-26-28(38)12-11-24-17-25(48-20-46-7)18-27(29(24)26)32-31(39)33-30(35(42-32)47-8)34(44-36(43-33)49-9)45-15-10-14-37(40,41)19-45/h11-12,17-18,21-23H,10,14-15,19-20H2,1-9H3. The predicted molar refractivity (Wildman–Crippen MR) is 195 cm³/mol. The Morgan fingerprint density at radius 1 is 0.980 bits per heavy atom. The number of halogens is 4. The molecule has 0 spiro atoms. The van der Waals surface area contributed by atoms with E-state index >= 15 is 8.78 Å². The van der Waals surface area contributed by atoms with Crippen molar-refractivity contribution in [2.75, 3.05) is 45.3 Å². The number of nitrogens with zero attached hydrogens (tertiary/aromatic N) is 4. The molecule has 50 heavy (non-hydrogen) atoms. The lowest BCUT2D eigenvalue weighted by Gasteiger charge is -2.38. The van der Waals surface area contributed by atoms with Crippen LogP contribution in [0.5, 0.6) is 11.6 Å². The second-order valence-corrected chi connectivity index (χ2v) is 20.0. The number of benzene rings is 2. The Hall–Kier alpha value is -3.60. The Labute approximate surface area is 296 Å². The molecule has 0 amide bonds.